The van der Waals surface area contributed by atoms with Crippen LogP contribution in [0.4, 0.5) is 23.2 Å². The van der Waals surface area contributed by atoms with Gasteiger partial charge in [-0.25, -0.2) is 22.6 Å². The van der Waals surface area contributed by atoms with E-state index in [9.17, 15) is 22.7 Å². The number of rotatable bonds is 1. The molecule has 0 saturated heterocycles. The highest BCUT2D eigenvalue weighted by Crippen LogP contribution is 2.40. The predicted octanol–water partition coefficient (Wildman–Crippen LogP) is 4.54. The van der Waals surface area contributed by atoms with Gasteiger partial charge < -0.3 is 5.11 Å². The van der Waals surface area contributed by atoms with E-state index in [1.165, 1.54) is 28.7 Å². The third kappa shape index (κ3) is 2.10. The van der Waals surface area contributed by atoms with Crippen molar-refractivity contribution in [1.29, 1.82) is 0 Å². The molecule has 0 bridgehead atoms. The number of phenols is 1. The third-order valence-corrected chi connectivity index (χ3v) is 4.53. The fraction of sp³-hybridized carbons (Fsp3) is 0.133. The molecule has 0 spiro atoms. The summed E-state index contributed by atoms with van der Waals surface area (Å²) in [6, 6.07) is 3.07. The van der Waals surface area contributed by atoms with Crippen molar-refractivity contribution in [3.8, 4) is 5.75 Å². The maximum atomic E-state index is 14.2. The van der Waals surface area contributed by atoms with E-state index in [0.717, 1.165) is 5.56 Å². The molecule has 1 aliphatic rings. The Labute approximate surface area is 136 Å². The monoisotopic (exact) mass is 421 g/mol. The number of hydrogen-bond acceptors (Lipinski definition) is 2. The van der Waals surface area contributed by atoms with Crippen molar-refractivity contribution in [2.24, 2.45) is 4.99 Å². The summed E-state index contributed by atoms with van der Waals surface area (Å²) in [4.78, 5) is 4.01. The van der Waals surface area contributed by atoms with E-state index in [1.54, 1.807) is 13.0 Å². The molecule has 2 aromatic carbocycles. The molecule has 22 heavy (non-hydrogen) atoms. The normalized spacial score (nSPS) is 13.3. The van der Waals surface area contributed by atoms with Crippen LogP contribution in [0.5, 0.6) is 5.75 Å². The van der Waals surface area contributed by atoms with E-state index in [-0.39, 0.29) is 23.6 Å². The second kappa shape index (κ2) is 5.22. The molecule has 0 radical (unpaired) electrons. The van der Waals surface area contributed by atoms with E-state index in [4.69, 9.17) is 0 Å². The van der Waals surface area contributed by atoms with Gasteiger partial charge in [-0.1, -0.05) is 6.07 Å². The van der Waals surface area contributed by atoms with Crippen molar-refractivity contribution < 1.29 is 22.7 Å². The quantitative estimate of drug-likeness (QED) is 0.312. The van der Waals surface area contributed by atoms with Gasteiger partial charge in [-0.2, -0.15) is 0 Å². The molecule has 0 aliphatic carbocycles. The van der Waals surface area contributed by atoms with Gasteiger partial charge in [-0.05, 0) is 46.7 Å². The molecule has 1 N–H and O–H groups in total. The van der Waals surface area contributed by atoms with Gasteiger partial charge in [0, 0.05) is 6.42 Å². The van der Waals surface area contributed by atoms with Crippen LogP contribution in [0.15, 0.2) is 17.1 Å². The number of fused-ring (bicyclic) bond motifs is 1. The van der Waals surface area contributed by atoms with Crippen LogP contribution < -0.4 is 0 Å². The lowest BCUT2D eigenvalue weighted by atomic mass is 9.99. The second-order valence-corrected chi connectivity index (χ2v) is 5.99. The lowest BCUT2D eigenvalue weighted by Gasteiger charge is -2.09. The third-order valence-electron chi connectivity index (χ3n) is 3.59. The zero-order chi connectivity index (χ0) is 16.2. The summed E-state index contributed by atoms with van der Waals surface area (Å²) < 4.78 is 54.4. The van der Waals surface area contributed by atoms with Crippen LogP contribution in [0, 0.1) is 33.8 Å². The van der Waals surface area contributed by atoms with Crippen LogP contribution >= 0.6 is 22.6 Å². The summed E-state index contributed by atoms with van der Waals surface area (Å²) in [5.74, 6) is -6.23. The first-order valence-electron chi connectivity index (χ1n) is 6.23. The standard InChI is InChI=1S/C15H8F4INO/c1-5-2-3-8(22)15-6(5)4-7(21-15)9-10(16)12(18)13(19)14(20)11(9)17/h2-3,22H,4H2,1H3. The molecular formula is C15H8F4INO. The Morgan fingerprint density at radius 1 is 1.05 bits per heavy atom. The number of hydrogen-bond donors (Lipinski definition) is 1. The molecule has 1 heterocycles. The van der Waals surface area contributed by atoms with Crippen molar-refractivity contribution in [2.75, 3.05) is 0 Å². The summed E-state index contributed by atoms with van der Waals surface area (Å²) in [5, 5.41) is 9.78. The van der Waals surface area contributed by atoms with Gasteiger partial charge in [0.15, 0.2) is 23.3 Å². The van der Waals surface area contributed by atoms with Crippen LogP contribution in [0.1, 0.15) is 16.7 Å². The highest BCUT2D eigenvalue weighted by atomic mass is 127. The first kappa shape index (κ1) is 15.3. The van der Waals surface area contributed by atoms with Gasteiger partial charge in [-0.3, -0.25) is 0 Å². The summed E-state index contributed by atoms with van der Waals surface area (Å²) >= 11 is 1.28. The minimum Gasteiger partial charge on any atom is -0.506 e. The van der Waals surface area contributed by atoms with E-state index in [1.807, 2.05) is 0 Å². The molecule has 3 rings (SSSR count). The number of halogens is 5. The lowest BCUT2D eigenvalue weighted by Crippen LogP contribution is -2.13. The first-order valence-corrected chi connectivity index (χ1v) is 7.31. The summed E-state index contributed by atoms with van der Waals surface area (Å²) in [7, 11) is 0. The van der Waals surface area contributed by atoms with Crippen molar-refractivity contribution >= 4 is 34.0 Å². The molecular weight excluding hydrogens is 413 g/mol. The fourth-order valence-electron chi connectivity index (χ4n) is 2.42. The molecule has 2 aromatic rings. The van der Waals surface area contributed by atoms with Gasteiger partial charge in [0.2, 0.25) is 0 Å². The Balaban J connectivity index is 2.22. The van der Waals surface area contributed by atoms with Crippen LogP contribution in [-0.2, 0) is 6.42 Å². The highest BCUT2D eigenvalue weighted by Gasteiger charge is 2.30. The van der Waals surface area contributed by atoms with Gasteiger partial charge in [0.25, 0.3) is 0 Å². The first-order chi connectivity index (χ1) is 10.3. The fourth-order valence-corrected chi connectivity index (χ4v) is 2.92. The molecule has 2 nitrogen and oxygen atoms in total. The Hall–Kier alpha value is -1.64. The summed E-state index contributed by atoms with van der Waals surface area (Å²) in [5.41, 5.74) is 0.816. The SMILES string of the molecule is Cc1ccc(O)c2c1CC(c1c(F)c(F)c(F)c(I)c1F)=N2. The number of phenolic OH excluding ortho intramolecular Hbond substituents is 1. The number of aliphatic imine (C=N–C) groups is 1. The minimum atomic E-state index is -1.74. The van der Waals surface area contributed by atoms with Crippen LogP contribution in [0.25, 0.3) is 0 Å². The molecule has 0 unspecified atom stereocenters. The molecule has 0 aromatic heterocycles. The van der Waals surface area contributed by atoms with Gasteiger partial charge >= 0.3 is 0 Å². The van der Waals surface area contributed by atoms with Crippen LogP contribution in [-0.4, -0.2) is 10.8 Å². The molecule has 0 saturated carbocycles. The number of aryl methyl sites for hydroxylation is 1. The molecule has 114 valence electrons. The van der Waals surface area contributed by atoms with Gasteiger partial charge in [0.05, 0.1) is 14.8 Å². The Morgan fingerprint density at radius 2 is 1.73 bits per heavy atom. The zero-order valence-corrected chi connectivity index (χ0v) is 13.3. The van der Waals surface area contributed by atoms with Gasteiger partial charge in [0.1, 0.15) is 11.4 Å². The number of benzene rings is 2. The highest BCUT2D eigenvalue weighted by molar-refractivity contribution is 14.1. The molecule has 0 atom stereocenters. The number of nitrogens with zero attached hydrogens (tertiary/aromatic N) is 1. The average molecular weight is 421 g/mol. The minimum absolute atomic E-state index is 0.0323. The Bertz CT molecular complexity index is 819. The van der Waals surface area contributed by atoms with E-state index >= 15 is 0 Å². The smallest absolute Gasteiger partial charge is 0.196 e. The van der Waals surface area contributed by atoms with Crippen LogP contribution in [0.2, 0.25) is 0 Å². The molecule has 1 aliphatic heterocycles. The van der Waals surface area contributed by atoms with Crippen molar-refractivity contribution in [1.82, 2.24) is 0 Å². The van der Waals surface area contributed by atoms with Crippen molar-refractivity contribution in [2.45, 2.75) is 13.3 Å². The predicted molar refractivity (Wildman–Crippen MR) is 81.7 cm³/mol. The van der Waals surface area contributed by atoms with Crippen molar-refractivity contribution in [3.63, 3.8) is 0 Å². The van der Waals surface area contributed by atoms with E-state index in [2.05, 4.69) is 4.99 Å². The lowest BCUT2D eigenvalue weighted by molar-refractivity contribution is 0.427. The van der Waals surface area contributed by atoms with E-state index in [0.29, 0.717) is 5.56 Å². The molecule has 7 heteroatoms. The molecule has 0 amide bonds. The van der Waals surface area contributed by atoms with Gasteiger partial charge in [-0.15, -0.1) is 0 Å². The maximum Gasteiger partial charge on any atom is 0.196 e. The van der Waals surface area contributed by atoms with Crippen LogP contribution in [0.3, 0.4) is 0 Å². The zero-order valence-electron chi connectivity index (χ0n) is 11.1. The maximum absolute atomic E-state index is 14.2. The Kier molecular flexibility index (Phi) is 3.62. The number of aromatic hydroxyl groups is 1. The summed E-state index contributed by atoms with van der Waals surface area (Å²) in [6.07, 6.45) is 0.0323. The largest absolute Gasteiger partial charge is 0.506 e. The topological polar surface area (TPSA) is 32.6 Å². The Morgan fingerprint density at radius 3 is 2.36 bits per heavy atom. The molecule has 0 fully saturated rings. The van der Waals surface area contributed by atoms with Crippen molar-refractivity contribution in [3.05, 3.63) is 55.7 Å². The van der Waals surface area contributed by atoms with E-state index < -0.39 is 32.4 Å². The average Bonchev–Trinajstić information content (AvgIpc) is 2.93. The second-order valence-electron chi connectivity index (χ2n) is 4.91. The summed E-state index contributed by atoms with van der Waals surface area (Å²) in [6.45, 7) is 1.76.